The minimum absolute atomic E-state index is 0.00398. The summed E-state index contributed by atoms with van der Waals surface area (Å²) >= 11 is 0. The molecule has 3 amide bonds. The van der Waals surface area contributed by atoms with E-state index in [2.05, 4.69) is 28.6 Å². The standard InChI is InChI=1S/C37H51N5O9/c1-21(43)39-20-26(44)17-23(6-4-5-13-38)34(45)40-19-25-16-24(35(46)47)11-14-42(25)36(48)50-30-10-8-27-28-18-22-7-9-29(49-3)32-31(22)37(27,33(30)51-32)12-15-41(28)2/h7,9-10,23-25,27-28,33H,4-6,8,11-20,38H2,1-3H3,(H,39,43)(H,40,45)(H,46,47)/t23-,24?,25?,27?,28-,33-,37+/m1/s1. The molecular weight excluding hydrogens is 658 g/mol. The van der Waals surface area contributed by atoms with Crippen molar-refractivity contribution < 1.29 is 43.3 Å². The maximum Gasteiger partial charge on any atom is 0.415 e. The number of nitrogens with zero attached hydrogens (tertiary/aromatic N) is 2. The van der Waals surface area contributed by atoms with E-state index >= 15 is 0 Å². The van der Waals surface area contributed by atoms with Gasteiger partial charge in [-0.2, -0.15) is 0 Å². The first kappa shape index (κ1) is 36.6. The van der Waals surface area contributed by atoms with E-state index in [-0.39, 0.29) is 67.8 Å². The Morgan fingerprint density at radius 1 is 1.16 bits per heavy atom. The van der Waals surface area contributed by atoms with Crippen molar-refractivity contribution in [1.82, 2.24) is 20.4 Å². The molecule has 278 valence electrons. The normalized spacial score (nSPS) is 28.0. The predicted octanol–water partition coefficient (Wildman–Crippen LogP) is 2.12. The van der Waals surface area contributed by atoms with E-state index in [1.54, 1.807) is 7.11 Å². The number of benzene rings is 1. The molecule has 3 heterocycles. The monoisotopic (exact) mass is 709 g/mol. The summed E-state index contributed by atoms with van der Waals surface area (Å²) in [5, 5.41) is 15.2. The number of ether oxygens (including phenoxy) is 3. The van der Waals surface area contributed by atoms with Crippen LogP contribution in [0.25, 0.3) is 0 Å². The Kier molecular flexibility index (Phi) is 10.9. The van der Waals surface area contributed by atoms with Crippen LogP contribution in [0.5, 0.6) is 11.5 Å². The average Bonchev–Trinajstić information content (AvgIpc) is 3.47. The van der Waals surface area contributed by atoms with Gasteiger partial charge in [-0.1, -0.05) is 12.5 Å². The first-order valence-electron chi connectivity index (χ1n) is 18.2. The molecule has 0 radical (unpaired) electrons. The van der Waals surface area contributed by atoms with Crippen LogP contribution in [0.4, 0.5) is 4.79 Å². The number of nitrogens with one attached hydrogen (secondary N) is 2. The number of methoxy groups -OCH3 is 1. The van der Waals surface area contributed by atoms with Crippen molar-refractivity contribution in [3.05, 3.63) is 35.1 Å². The van der Waals surface area contributed by atoms with Crippen molar-refractivity contribution >= 4 is 29.7 Å². The number of likely N-dealkylation sites (N-methyl/N-ethyl adjacent to an activating group) is 1. The Hall–Kier alpha value is -4.17. The Morgan fingerprint density at radius 2 is 1.96 bits per heavy atom. The molecule has 2 bridgehead atoms. The SMILES string of the molecule is COc1ccc2c3c1O[C@@H]1C(OC(=O)N4CCC(C(=O)O)CC4CNC(=O)[C@H](CCCCN)CC(=O)CNC(C)=O)=CCC4[C@@H](C2)N(C)CC[C@@]341. The molecule has 5 N–H and O–H groups in total. The first-order valence-corrected chi connectivity index (χ1v) is 18.2. The first-order chi connectivity index (χ1) is 24.5. The molecular formula is C37H51N5O9. The van der Waals surface area contributed by atoms with Crippen LogP contribution in [0.15, 0.2) is 24.0 Å². The number of allylic oxidation sites excluding steroid dienone is 1. The number of rotatable bonds is 14. The third kappa shape index (κ3) is 7.04. The molecule has 1 aromatic rings. The van der Waals surface area contributed by atoms with Gasteiger partial charge in [-0.15, -0.1) is 0 Å². The van der Waals surface area contributed by atoms with Crippen molar-refractivity contribution in [2.75, 3.05) is 46.9 Å². The fourth-order valence-corrected chi connectivity index (χ4v) is 9.23. The summed E-state index contributed by atoms with van der Waals surface area (Å²) in [6, 6.07) is 3.75. The molecule has 5 aliphatic rings. The highest BCUT2D eigenvalue weighted by Gasteiger charge is 2.65. The molecule has 3 aliphatic heterocycles. The number of piperidine rings is 2. The van der Waals surface area contributed by atoms with Gasteiger partial charge in [-0.05, 0) is 88.7 Å². The zero-order chi connectivity index (χ0) is 36.4. The second-order valence-corrected chi connectivity index (χ2v) is 14.8. The van der Waals surface area contributed by atoms with Gasteiger partial charge in [0.15, 0.2) is 23.4 Å². The summed E-state index contributed by atoms with van der Waals surface area (Å²) in [6.45, 7) is 2.62. The summed E-state index contributed by atoms with van der Waals surface area (Å²) in [5.41, 5.74) is 7.70. The van der Waals surface area contributed by atoms with Gasteiger partial charge in [-0.25, -0.2) is 4.79 Å². The number of likely N-dealkylation sites (tertiary alicyclic amines) is 2. The molecule has 1 aromatic carbocycles. The Labute approximate surface area is 298 Å². The van der Waals surface area contributed by atoms with Gasteiger partial charge >= 0.3 is 12.1 Å². The van der Waals surface area contributed by atoms with Gasteiger partial charge in [0.25, 0.3) is 0 Å². The van der Waals surface area contributed by atoms with Crippen LogP contribution in [-0.2, 0) is 35.8 Å². The minimum atomic E-state index is -0.960. The number of unbranched alkanes of at least 4 members (excludes halogenated alkanes) is 1. The van der Waals surface area contributed by atoms with Crippen molar-refractivity contribution in [2.24, 2.45) is 23.5 Å². The number of hydrogen-bond acceptors (Lipinski definition) is 10. The van der Waals surface area contributed by atoms with E-state index in [1.807, 2.05) is 12.1 Å². The predicted molar refractivity (Wildman–Crippen MR) is 185 cm³/mol. The number of carboxylic acids is 1. The second kappa shape index (κ2) is 15.2. The van der Waals surface area contributed by atoms with Crippen LogP contribution < -0.4 is 25.8 Å². The van der Waals surface area contributed by atoms with Crippen LogP contribution >= 0.6 is 0 Å². The van der Waals surface area contributed by atoms with Gasteiger partial charge in [0, 0.05) is 49.4 Å². The van der Waals surface area contributed by atoms with Crippen LogP contribution in [0.2, 0.25) is 0 Å². The van der Waals surface area contributed by atoms with Gasteiger partial charge < -0.3 is 45.5 Å². The molecule has 1 spiro atoms. The summed E-state index contributed by atoms with van der Waals surface area (Å²) < 4.78 is 18.7. The van der Waals surface area contributed by atoms with Crippen molar-refractivity contribution in [1.29, 1.82) is 0 Å². The van der Waals surface area contributed by atoms with E-state index in [4.69, 9.17) is 19.9 Å². The smallest absolute Gasteiger partial charge is 0.415 e. The van der Waals surface area contributed by atoms with Gasteiger partial charge in [-0.3, -0.25) is 19.2 Å². The number of carboxylic acid groups (broad SMARTS) is 1. The number of amides is 3. The maximum atomic E-state index is 14.1. The average molecular weight is 710 g/mol. The summed E-state index contributed by atoms with van der Waals surface area (Å²) in [7, 11) is 3.80. The van der Waals surface area contributed by atoms with E-state index < -0.39 is 36.0 Å². The number of aliphatic carboxylic acids is 1. The molecule has 2 aliphatic carbocycles. The van der Waals surface area contributed by atoms with Crippen LogP contribution in [0.1, 0.15) is 69.4 Å². The molecule has 14 heteroatoms. The molecule has 0 aromatic heterocycles. The largest absolute Gasteiger partial charge is 0.493 e. The number of carbonyl (C=O) groups is 5. The Balaban J connectivity index is 1.19. The quantitative estimate of drug-likeness (QED) is 0.207. The van der Waals surface area contributed by atoms with Crippen LogP contribution in [-0.4, -0.2) is 110 Å². The fourth-order valence-electron chi connectivity index (χ4n) is 9.23. The number of ketones is 1. The number of hydrogen-bond donors (Lipinski definition) is 4. The molecule has 0 saturated carbocycles. The summed E-state index contributed by atoms with van der Waals surface area (Å²) in [4.78, 5) is 67.4. The summed E-state index contributed by atoms with van der Waals surface area (Å²) in [6.07, 6.45) is 5.40. The lowest BCUT2D eigenvalue weighted by Crippen LogP contribution is -2.63. The van der Waals surface area contributed by atoms with Crippen LogP contribution in [0.3, 0.4) is 0 Å². The van der Waals surface area contributed by atoms with Gasteiger partial charge in [0.05, 0.1) is 25.6 Å². The number of Topliss-reactive ketones (excluding diaryl/α,β-unsaturated/α-hetero) is 1. The molecule has 2 fully saturated rings. The Morgan fingerprint density at radius 3 is 2.69 bits per heavy atom. The van der Waals surface area contributed by atoms with Crippen LogP contribution in [0, 0.1) is 17.8 Å². The van der Waals surface area contributed by atoms with Gasteiger partial charge in [0.2, 0.25) is 11.8 Å². The fraction of sp³-hybridized carbons (Fsp3) is 0.649. The lowest BCUT2D eigenvalue weighted by molar-refractivity contribution is -0.144. The maximum absolute atomic E-state index is 14.1. The molecule has 2 saturated heterocycles. The molecule has 51 heavy (non-hydrogen) atoms. The third-order valence-corrected chi connectivity index (χ3v) is 11.8. The number of nitrogens with two attached hydrogens (primary N) is 1. The van der Waals surface area contributed by atoms with E-state index in [1.165, 1.54) is 23.0 Å². The number of carbonyl (C=O) groups excluding carboxylic acids is 4. The van der Waals surface area contributed by atoms with Crippen molar-refractivity contribution in [3.63, 3.8) is 0 Å². The van der Waals surface area contributed by atoms with E-state index in [0.717, 1.165) is 31.6 Å². The zero-order valence-electron chi connectivity index (χ0n) is 29.8. The lowest BCUT2D eigenvalue weighted by Gasteiger charge is -2.56. The minimum Gasteiger partial charge on any atom is -0.493 e. The van der Waals surface area contributed by atoms with E-state index in [0.29, 0.717) is 43.4 Å². The molecule has 14 nitrogen and oxygen atoms in total. The third-order valence-electron chi connectivity index (χ3n) is 11.8. The highest BCUT2D eigenvalue weighted by atomic mass is 16.6. The Bertz CT molecular complexity index is 1580. The summed E-state index contributed by atoms with van der Waals surface area (Å²) in [5.74, 6) is -1.19. The van der Waals surface area contributed by atoms with E-state index in [9.17, 15) is 29.1 Å². The van der Waals surface area contributed by atoms with Crippen molar-refractivity contribution in [3.8, 4) is 11.5 Å². The highest BCUT2D eigenvalue weighted by Crippen LogP contribution is 2.63. The topological polar surface area (TPSA) is 190 Å². The zero-order valence-corrected chi connectivity index (χ0v) is 29.8. The lowest BCUT2D eigenvalue weighted by atomic mass is 9.53. The highest BCUT2D eigenvalue weighted by molar-refractivity contribution is 5.89. The van der Waals surface area contributed by atoms with Crippen molar-refractivity contribution in [2.45, 2.75) is 88.3 Å². The second-order valence-electron chi connectivity index (χ2n) is 14.8. The molecule has 3 unspecified atom stereocenters. The van der Waals surface area contributed by atoms with Gasteiger partial charge in [0.1, 0.15) is 5.76 Å². The molecule has 6 rings (SSSR count). The molecule has 7 atom stereocenters.